The topological polar surface area (TPSA) is 90.0 Å². The predicted octanol–water partition coefficient (Wildman–Crippen LogP) is 3.63. The van der Waals surface area contributed by atoms with Crippen molar-refractivity contribution in [1.82, 2.24) is 15.3 Å². The Kier molecular flexibility index (Phi) is 9.79. The molecule has 1 aromatic rings. The van der Waals surface area contributed by atoms with Crippen LogP contribution in [0.2, 0.25) is 0 Å². The number of hydroxylamine groups is 2. The number of carbonyl (C=O) groups excluding carboxylic acids is 3. The van der Waals surface area contributed by atoms with Crippen molar-refractivity contribution in [2.75, 3.05) is 13.1 Å². The van der Waals surface area contributed by atoms with E-state index < -0.39 is 18.0 Å². The van der Waals surface area contributed by atoms with Gasteiger partial charge in [0.2, 0.25) is 0 Å². The molecule has 1 aromatic heterocycles. The van der Waals surface area contributed by atoms with Crippen molar-refractivity contribution in [3.63, 3.8) is 0 Å². The normalized spacial score (nSPS) is 10.4. The molecule has 1 heterocycles. The first-order valence-corrected chi connectivity index (χ1v) is 9.57. The predicted molar refractivity (Wildman–Crippen MR) is 96.6 cm³/mol. The summed E-state index contributed by atoms with van der Waals surface area (Å²) in [5.74, 6) is -0.706. The van der Waals surface area contributed by atoms with Crippen molar-refractivity contribution in [1.29, 1.82) is 0 Å². The van der Waals surface area contributed by atoms with Crippen molar-refractivity contribution in [2.24, 2.45) is 0 Å². The Bertz CT molecular complexity index is 548. The number of aryl methyl sites for hydroxylation is 1. The lowest BCUT2D eigenvalue weighted by atomic mass is 10.1. The fraction of sp³-hybridized carbons (Fsp3) is 0.588. The first kappa shape index (κ1) is 21.1. The van der Waals surface area contributed by atoms with E-state index in [9.17, 15) is 19.6 Å². The number of imide groups is 2. The van der Waals surface area contributed by atoms with Gasteiger partial charge < -0.3 is 5.32 Å². The van der Waals surface area contributed by atoms with Crippen LogP contribution in [0.5, 0.6) is 0 Å². The molecule has 1 rings (SSSR count). The van der Waals surface area contributed by atoms with Gasteiger partial charge in [0.25, 0.3) is 5.91 Å². The van der Waals surface area contributed by atoms with E-state index in [0.29, 0.717) is 25.8 Å². The van der Waals surface area contributed by atoms with Gasteiger partial charge >= 0.3 is 12.1 Å². The highest BCUT2D eigenvalue weighted by Crippen LogP contribution is 2.11. The zero-order valence-electron chi connectivity index (χ0n) is 14.9. The van der Waals surface area contributed by atoms with Crippen LogP contribution in [0.4, 0.5) is 9.59 Å². The van der Waals surface area contributed by atoms with E-state index in [0.717, 1.165) is 23.3 Å². The fourth-order valence-corrected chi connectivity index (χ4v) is 2.88. The summed E-state index contributed by atoms with van der Waals surface area (Å²) in [5, 5.41) is 16.5. The summed E-state index contributed by atoms with van der Waals surface area (Å²) in [6, 6.07) is 0.377. The van der Waals surface area contributed by atoms with Gasteiger partial charge in [0.05, 0.1) is 0 Å². The van der Waals surface area contributed by atoms with E-state index in [1.54, 1.807) is 11.3 Å². The molecular formula is C17H27N3O4S. The molecule has 0 bridgehead atoms. The van der Waals surface area contributed by atoms with Crippen molar-refractivity contribution in [3.8, 4) is 0 Å². The third-order valence-corrected chi connectivity index (χ3v) is 4.32. The highest BCUT2D eigenvalue weighted by molar-refractivity contribution is 7.07. The second kappa shape index (κ2) is 11.6. The maximum absolute atomic E-state index is 12.3. The van der Waals surface area contributed by atoms with E-state index in [4.69, 9.17) is 0 Å². The maximum atomic E-state index is 12.3. The van der Waals surface area contributed by atoms with E-state index >= 15 is 0 Å². The third kappa shape index (κ3) is 7.23. The Hall–Kier alpha value is -1.93. The average molecular weight is 369 g/mol. The molecule has 0 saturated heterocycles. The molecular weight excluding hydrogens is 342 g/mol. The highest BCUT2D eigenvalue weighted by atomic mass is 32.1. The quantitative estimate of drug-likeness (QED) is 0.395. The van der Waals surface area contributed by atoms with Crippen LogP contribution < -0.4 is 5.32 Å². The van der Waals surface area contributed by atoms with E-state index in [1.165, 1.54) is 0 Å². The molecule has 8 heteroatoms. The van der Waals surface area contributed by atoms with Crippen LogP contribution in [0.25, 0.3) is 0 Å². The SMILES string of the molecule is CCCCNC(=O)N(CCC)C(=O)N(O)C(=O)CCCc1ccsc1. The number of nitrogens with one attached hydrogen (secondary N) is 1. The van der Waals surface area contributed by atoms with Crippen LogP contribution in [0.3, 0.4) is 0 Å². The van der Waals surface area contributed by atoms with Crippen LogP contribution in [0.15, 0.2) is 16.8 Å². The zero-order chi connectivity index (χ0) is 18.7. The number of rotatable bonds is 9. The number of carbonyl (C=O) groups is 3. The second-order valence-electron chi connectivity index (χ2n) is 5.71. The summed E-state index contributed by atoms with van der Waals surface area (Å²) >= 11 is 1.58. The van der Waals surface area contributed by atoms with Crippen molar-refractivity contribution in [3.05, 3.63) is 22.4 Å². The highest BCUT2D eigenvalue weighted by Gasteiger charge is 2.28. The molecule has 0 aliphatic carbocycles. The fourth-order valence-electron chi connectivity index (χ4n) is 2.18. The molecule has 7 nitrogen and oxygen atoms in total. The van der Waals surface area contributed by atoms with Crippen molar-refractivity contribution in [2.45, 2.75) is 52.4 Å². The van der Waals surface area contributed by atoms with Gasteiger partial charge in [-0.15, -0.1) is 5.06 Å². The first-order chi connectivity index (χ1) is 12.0. The Morgan fingerprint density at radius 3 is 2.56 bits per heavy atom. The number of thiophene rings is 1. The van der Waals surface area contributed by atoms with E-state index in [2.05, 4.69) is 5.32 Å². The van der Waals surface area contributed by atoms with E-state index in [1.807, 2.05) is 30.7 Å². The molecule has 0 aliphatic rings. The monoisotopic (exact) mass is 369 g/mol. The lowest BCUT2D eigenvalue weighted by molar-refractivity contribution is -0.154. The molecule has 0 aromatic carbocycles. The number of hydrogen-bond donors (Lipinski definition) is 2. The molecule has 0 aliphatic heterocycles. The molecule has 5 amide bonds. The molecule has 0 saturated carbocycles. The number of hydrogen-bond acceptors (Lipinski definition) is 5. The lowest BCUT2D eigenvalue weighted by Crippen LogP contribution is -2.51. The summed E-state index contributed by atoms with van der Waals surface area (Å²) in [7, 11) is 0. The summed E-state index contributed by atoms with van der Waals surface area (Å²) in [6.45, 7) is 4.38. The molecule has 25 heavy (non-hydrogen) atoms. The molecule has 0 unspecified atom stereocenters. The Morgan fingerprint density at radius 1 is 1.20 bits per heavy atom. The smallest absolute Gasteiger partial charge is 0.338 e. The Morgan fingerprint density at radius 2 is 1.96 bits per heavy atom. The van der Waals surface area contributed by atoms with Crippen LogP contribution >= 0.6 is 11.3 Å². The molecule has 0 atom stereocenters. The van der Waals surface area contributed by atoms with Gasteiger partial charge in [-0.25, -0.2) is 14.5 Å². The first-order valence-electron chi connectivity index (χ1n) is 8.63. The number of urea groups is 2. The Labute approximate surface area is 152 Å². The summed E-state index contributed by atoms with van der Waals surface area (Å²) in [5.41, 5.74) is 1.12. The van der Waals surface area contributed by atoms with Gasteiger partial charge in [-0.3, -0.25) is 10.0 Å². The minimum atomic E-state index is -1.00. The third-order valence-electron chi connectivity index (χ3n) is 3.58. The molecule has 0 fully saturated rings. The standard InChI is InChI=1S/C17H27N3O4S/c1-3-5-10-18-16(22)19(11-4-2)17(23)20(24)15(21)8-6-7-14-9-12-25-13-14/h9,12-13,24H,3-8,10-11H2,1-2H3,(H,18,22). The summed E-state index contributed by atoms with van der Waals surface area (Å²) in [4.78, 5) is 37.2. The van der Waals surface area contributed by atoms with Crippen LogP contribution in [0.1, 0.15) is 51.5 Å². The number of amides is 5. The van der Waals surface area contributed by atoms with Crippen molar-refractivity contribution < 1.29 is 19.6 Å². The van der Waals surface area contributed by atoms with Gasteiger partial charge in [0.1, 0.15) is 0 Å². The molecule has 0 radical (unpaired) electrons. The van der Waals surface area contributed by atoms with Gasteiger partial charge in [-0.1, -0.05) is 20.3 Å². The second-order valence-corrected chi connectivity index (χ2v) is 6.49. The minimum absolute atomic E-state index is 0.0372. The zero-order valence-corrected chi connectivity index (χ0v) is 15.7. The Balaban J connectivity index is 2.52. The van der Waals surface area contributed by atoms with Crippen molar-refractivity contribution >= 4 is 29.3 Å². The average Bonchev–Trinajstić information content (AvgIpc) is 3.11. The minimum Gasteiger partial charge on any atom is -0.338 e. The molecule has 140 valence electrons. The summed E-state index contributed by atoms with van der Waals surface area (Å²) < 4.78 is 0. The summed E-state index contributed by atoms with van der Waals surface area (Å²) in [6.07, 6.45) is 3.51. The van der Waals surface area contributed by atoms with Crippen LogP contribution in [0, 0.1) is 0 Å². The van der Waals surface area contributed by atoms with Gasteiger partial charge in [-0.05, 0) is 48.1 Å². The van der Waals surface area contributed by atoms with Crippen LogP contribution in [-0.2, 0) is 11.2 Å². The van der Waals surface area contributed by atoms with Gasteiger partial charge in [0.15, 0.2) is 0 Å². The van der Waals surface area contributed by atoms with Gasteiger partial charge in [0, 0.05) is 19.5 Å². The lowest BCUT2D eigenvalue weighted by Gasteiger charge is -2.24. The molecule has 2 N–H and O–H groups in total. The number of unbranched alkanes of at least 4 members (excludes halogenated alkanes) is 1. The van der Waals surface area contributed by atoms with E-state index in [-0.39, 0.29) is 18.0 Å². The maximum Gasteiger partial charge on any atom is 0.359 e. The number of nitrogens with zero attached hydrogens (tertiary/aromatic N) is 2. The molecule has 0 spiro atoms. The van der Waals surface area contributed by atoms with Crippen LogP contribution in [-0.4, -0.2) is 46.2 Å². The van der Waals surface area contributed by atoms with Gasteiger partial charge in [-0.2, -0.15) is 11.3 Å². The largest absolute Gasteiger partial charge is 0.359 e.